The van der Waals surface area contributed by atoms with Gasteiger partial charge in [0, 0.05) is 32.4 Å². The molecule has 0 unspecified atom stereocenters. The fraction of sp³-hybridized carbons (Fsp3) is 0.316. The van der Waals surface area contributed by atoms with E-state index in [0.29, 0.717) is 5.39 Å². The quantitative estimate of drug-likeness (QED) is 0.795. The van der Waals surface area contributed by atoms with Crippen molar-refractivity contribution in [2.45, 2.75) is 13.0 Å². The van der Waals surface area contributed by atoms with Gasteiger partial charge in [-0.15, -0.1) is 0 Å². The fourth-order valence-electron chi connectivity index (χ4n) is 3.35. The molecule has 1 aliphatic rings. The van der Waals surface area contributed by atoms with Crippen molar-refractivity contribution in [3.63, 3.8) is 0 Å². The van der Waals surface area contributed by atoms with Crippen molar-refractivity contribution in [3.8, 4) is 0 Å². The van der Waals surface area contributed by atoms with E-state index in [1.54, 1.807) is 6.07 Å². The number of fused-ring (bicyclic) bond motifs is 1. The number of nitrogens with zero attached hydrogens (tertiary/aromatic N) is 4. The Morgan fingerprint density at radius 1 is 1.04 bits per heavy atom. The maximum Gasteiger partial charge on any atom is 0.258 e. The van der Waals surface area contributed by atoms with Crippen molar-refractivity contribution in [2.75, 3.05) is 31.1 Å². The molecule has 0 aliphatic carbocycles. The normalized spacial score (nSPS) is 16.9. The Labute approximate surface area is 146 Å². The summed E-state index contributed by atoms with van der Waals surface area (Å²) in [6.45, 7) is 5.75. The van der Waals surface area contributed by atoms with Crippen LogP contribution in [0.4, 0.5) is 5.82 Å². The molecule has 25 heavy (non-hydrogen) atoms. The number of rotatable bonds is 3. The molecule has 0 amide bonds. The zero-order valence-corrected chi connectivity index (χ0v) is 14.2. The highest BCUT2D eigenvalue weighted by Gasteiger charge is 2.24. The van der Waals surface area contributed by atoms with Gasteiger partial charge in [0.15, 0.2) is 0 Å². The molecule has 6 heteroatoms. The van der Waals surface area contributed by atoms with E-state index in [1.807, 2.05) is 42.6 Å². The molecule has 1 aromatic carbocycles. The van der Waals surface area contributed by atoms with E-state index in [-0.39, 0.29) is 11.6 Å². The molecule has 3 aromatic rings. The van der Waals surface area contributed by atoms with E-state index in [0.717, 1.165) is 43.3 Å². The van der Waals surface area contributed by atoms with Gasteiger partial charge < -0.3 is 9.88 Å². The lowest BCUT2D eigenvalue weighted by molar-refractivity contribution is 0.191. The Balaban J connectivity index is 1.51. The third kappa shape index (κ3) is 3.13. The van der Waals surface area contributed by atoms with Crippen molar-refractivity contribution >= 4 is 16.7 Å². The predicted octanol–water partition coefficient (Wildman–Crippen LogP) is 2.20. The molecule has 1 fully saturated rings. The molecule has 1 atom stereocenters. The van der Waals surface area contributed by atoms with Crippen LogP contribution in [0.3, 0.4) is 0 Å². The Morgan fingerprint density at radius 3 is 2.56 bits per heavy atom. The zero-order valence-electron chi connectivity index (χ0n) is 14.2. The van der Waals surface area contributed by atoms with Crippen LogP contribution in [0.1, 0.15) is 18.8 Å². The Bertz CT molecular complexity index is 916. The van der Waals surface area contributed by atoms with Crippen LogP contribution in [-0.4, -0.2) is 46.0 Å². The maximum atomic E-state index is 12.3. The van der Waals surface area contributed by atoms with E-state index >= 15 is 0 Å². The first-order valence-electron chi connectivity index (χ1n) is 8.61. The SMILES string of the molecule is C[C@H](c1nc2ccccc2c(=O)[nH]1)N1CCN(c2ccccn2)CC1. The summed E-state index contributed by atoms with van der Waals surface area (Å²) in [6.07, 6.45) is 1.83. The van der Waals surface area contributed by atoms with Crippen LogP contribution < -0.4 is 10.5 Å². The van der Waals surface area contributed by atoms with Crippen molar-refractivity contribution in [2.24, 2.45) is 0 Å². The topological polar surface area (TPSA) is 65.1 Å². The molecule has 0 saturated carbocycles. The van der Waals surface area contributed by atoms with Gasteiger partial charge in [0.25, 0.3) is 5.56 Å². The van der Waals surface area contributed by atoms with Crippen LogP contribution in [0.5, 0.6) is 0 Å². The molecule has 0 radical (unpaired) electrons. The molecule has 1 saturated heterocycles. The number of hydrogen-bond acceptors (Lipinski definition) is 5. The van der Waals surface area contributed by atoms with Gasteiger partial charge >= 0.3 is 0 Å². The number of hydrogen-bond donors (Lipinski definition) is 1. The standard InChI is InChI=1S/C19H21N5O/c1-14(18-21-16-7-3-2-6-15(16)19(25)22-18)23-10-12-24(13-11-23)17-8-4-5-9-20-17/h2-9,14H,10-13H2,1H3,(H,21,22,25)/t14-/m1/s1. The van der Waals surface area contributed by atoms with Crippen molar-refractivity contribution < 1.29 is 0 Å². The number of para-hydroxylation sites is 1. The van der Waals surface area contributed by atoms with Crippen molar-refractivity contribution in [1.82, 2.24) is 19.9 Å². The summed E-state index contributed by atoms with van der Waals surface area (Å²) in [5.74, 6) is 1.75. The minimum atomic E-state index is -0.0698. The number of benzene rings is 1. The number of nitrogens with one attached hydrogen (secondary N) is 1. The van der Waals surface area contributed by atoms with E-state index in [1.165, 1.54) is 0 Å². The van der Waals surface area contributed by atoms with Gasteiger partial charge in [-0.2, -0.15) is 0 Å². The first-order chi connectivity index (χ1) is 12.2. The third-order valence-corrected chi connectivity index (χ3v) is 4.86. The number of aromatic nitrogens is 3. The monoisotopic (exact) mass is 335 g/mol. The average molecular weight is 335 g/mol. The number of pyridine rings is 1. The van der Waals surface area contributed by atoms with E-state index < -0.39 is 0 Å². The highest BCUT2D eigenvalue weighted by molar-refractivity contribution is 5.77. The lowest BCUT2D eigenvalue weighted by Crippen LogP contribution is -2.47. The van der Waals surface area contributed by atoms with Crippen molar-refractivity contribution in [3.05, 3.63) is 64.8 Å². The van der Waals surface area contributed by atoms with Gasteiger partial charge in [-0.05, 0) is 31.2 Å². The average Bonchev–Trinajstić information content (AvgIpc) is 2.68. The van der Waals surface area contributed by atoms with Crippen LogP contribution in [0.2, 0.25) is 0 Å². The summed E-state index contributed by atoms with van der Waals surface area (Å²) < 4.78 is 0. The number of H-pyrrole nitrogens is 1. The molecule has 128 valence electrons. The highest BCUT2D eigenvalue weighted by Crippen LogP contribution is 2.21. The van der Waals surface area contributed by atoms with Gasteiger partial charge in [0.2, 0.25) is 0 Å². The number of piperazine rings is 1. The molecular formula is C19H21N5O. The fourth-order valence-corrected chi connectivity index (χ4v) is 3.35. The zero-order chi connectivity index (χ0) is 17.2. The minimum Gasteiger partial charge on any atom is -0.354 e. The predicted molar refractivity (Wildman–Crippen MR) is 98.8 cm³/mol. The summed E-state index contributed by atoms with van der Waals surface area (Å²) in [5.41, 5.74) is 0.680. The summed E-state index contributed by atoms with van der Waals surface area (Å²) in [5, 5.41) is 0.637. The first kappa shape index (κ1) is 15.8. The number of anilines is 1. The summed E-state index contributed by atoms with van der Waals surface area (Å²) in [7, 11) is 0. The van der Waals surface area contributed by atoms with Crippen LogP contribution in [0.15, 0.2) is 53.5 Å². The van der Waals surface area contributed by atoms with Crippen LogP contribution >= 0.6 is 0 Å². The van der Waals surface area contributed by atoms with Gasteiger partial charge in [0.05, 0.1) is 16.9 Å². The lowest BCUT2D eigenvalue weighted by atomic mass is 10.2. The second-order valence-corrected chi connectivity index (χ2v) is 6.36. The summed E-state index contributed by atoms with van der Waals surface area (Å²) in [4.78, 5) is 29.0. The maximum absolute atomic E-state index is 12.3. The van der Waals surface area contributed by atoms with Gasteiger partial charge in [-0.3, -0.25) is 9.69 Å². The molecular weight excluding hydrogens is 314 g/mol. The molecule has 3 heterocycles. The third-order valence-electron chi connectivity index (χ3n) is 4.86. The second-order valence-electron chi connectivity index (χ2n) is 6.36. The highest BCUT2D eigenvalue weighted by atomic mass is 16.1. The molecule has 2 aromatic heterocycles. The minimum absolute atomic E-state index is 0.0698. The smallest absolute Gasteiger partial charge is 0.258 e. The Kier molecular flexibility index (Phi) is 4.19. The van der Waals surface area contributed by atoms with Gasteiger partial charge in [-0.25, -0.2) is 9.97 Å². The van der Waals surface area contributed by atoms with E-state index in [9.17, 15) is 4.79 Å². The Hall–Kier alpha value is -2.73. The Morgan fingerprint density at radius 2 is 1.80 bits per heavy atom. The van der Waals surface area contributed by atoms with Crippen LogP contribution in [0.25, 0.3) is 10.9 Å². The lowest BCUT2D eigenvalue weighted by Gasteiger charge is -2.38. The molecule has 0 spiro atoms. The molecule has 1 aliphatic heterocycles. The van der Waals surface area contributed by atoms with E-state index in [2.05, 4.69) is 31.7 Å². The second kappa shape index (κ2) is 6.64. The largest absolute Gasteiger partial charge is 0.354 e. The molecule has 6 nitrogen and oxygen atoms in total. The summed E-state index contributed by atoms with van der Waals surface area (Å²) >= 11 is 0. The van der Waals surface area contributed by atoms with E-state index in [4.69, 9.17) is 0 Å². The number of aromatic amines is 1. The molecule has 4 rings (SSSR count). The van der Waals surface area contributed by atoms with Gasteiger partial charge in [-0.1, -0.05) is 18.2 Å². The van der Waals surface area contributed by atoms with Crippen molar-refractivity contribution in [1.29, 1.82) is 0 Å². The van der Waals surface area contributed by atoms with Crippen LogP contribution in [-0.2, 0) is 0 Å². The van der Waals surface area contributed by atoms with Crippen LogP contribution in [0, 0.1) is 0 Å². The first-order valence-corrected chi connectivity index (χ1v) is 8.61. The van der Waals surface area contributed by atoms with Gasteiger partial charge in [0.1, 0.15) is 11.6 Å². The molecule has 1 N–H and O–H groups in total. The summed E-state index contributed by atoms with van der Waals surface area (Å²) in [6, 6.07) is 13.5. The molecule has 0 bridgehead atoms.